The van der Waals surface area contributed by atoms with E-state index in [0.717, 1.165) is 23.1 Å². The predicted octanol–water partition coefficient (Wildman–Crippen LogP) is 2.71. The largest absolute Gasteiger partial charge is 0.374 e. The lowest BCUT2D eigenvalue weighted by Crippen LogP contribution is -2.48. The molecular weight excluding hydrogens is 323 g/mol. The van der Waals surface area contributed by atoms with Gasteiger partial charge in [-0.05, 0) is 32.0 Å². The highest BCUT2D eigenvalue weighted by Crippen LogP contribution is 2.31. The number of nitrogens with zero attached hydrogens (tertiary/aromatic N) is 1. The fourth-order valence-electron chi connectivity index (χ4n) is 2.78. The van der Waals surface area contributed by atoms with Crippen LogP contribution in [0.1, 0.15) is 24.4 Å². The average molecular weight is 343 g/mol. The Morgan fingerprint density at radius 2 is 2.25 bits per heavy atom. The maximum Gasteiger partial charge on any atom is 0.129 e. The summed E-state index contributed by atoms with van der Waals surface area (Å²) >= 11 is 3.31. The molecule has 1 aliphatic carbocycles. The molecule has 1 saturated heterocycles. The van der Waals surface area contributed by atoms with Gasteiger partial charge in [-0.15, -0.1) is 0 Å². The van der Waals surface area contributed by atoms with Crippen LogP contribution in [0.25, 0.3) is 0 Å². The molecule has 1 aliphatic heterocycles. The van der Waals surface area contributed by atoms with Gasteiger partial charge >= 0.3 is 0 Å². The summed E-state index contributed by atoms with van der Waals surface area (Å²) in [7, 11) is 2.04. The first-order valence-corrected chi connectivity index (χ1v) is 7.94. The molecule has 2 atom stereocenters. The van der Waals surface area contributed by atoms with E-state index < -0.39 is 0 Å². The number of hydrogen-bond acceptors (Lipinski definition) is 3. The molecule has 0 radical (unpaired) electrons. The van der Waals surface area contributed by atoms with Crippen LogP contribution in [0, 0.1) is 5.82 Å². The fourth-order valence-corrected chi connectivity index (χ4v) is 3.12. The molecule has 110 valence electrons. The van der Waals surface area contributed by atoms with E-state index in [0.29, 0.717) is 12.6 Å². The van der Waals surface area contributed by atoms with Gasteiger partial charge < -0.3 is 10.1 Å². The van der Waals surface area contributed by atoms with Crippen LogP contribution in [-0.4, -0.2) is 43.8 Å². The lowest BCUT2D eigenvalue weighted by atomic mass is 9.97. The highest BCUT2D eigenvalue weighted by atomic mass is 79.9. The monoisotopic (exact) mass is 342 g/mol. The number of rotatable bonds is 4. The molecule has 0 amide bonds. The predicted molar refractivity (Wildman–Crippen MR) is 80.2 cm³/mol. The molecule has 0 spiro atoms. The summed E-state index contributed by atoms with van der Waals surface area (Å²) in [6, 6.07) is 5.90. The highest BCUT2D eigenvalue weighted by Gasteiger charge is 2.34. The minimum atomic E-state index is -0.168. The third kappa shape index (κ3) is 3.22. The van der Waals surface area contributed by atoms with Crippen molar-refractivity contribution >= 4 is 15.9 Å². The fraction of sp³-hybridized carbons (Fsp3) is 0.600. The van der Waals surface area contributed by atoms with Gasteiger partial charge in [0.25, 0.3) is 0 Å². The van der Waals surface area contributed by atoms with Crippen LogP contribution in [0.5, 0.6) is 0 Å². The number of ether oxygens (including phenoxy) is 1. The van der Waals surface area contributed by atoms with E-state index in [1.807, 2.05) is 19.2 Å². The van der Waals surface area contributed by atoms with Gasteiger partial charge in [0.2, 0.25) is 0 Å². The smallest absolute Gasteiger partial charge is 0.129 e. The maximum absolute atomic E-state index is 14.3. The van der Waals surface area contributed by atoms with Gasteiger partial charge in [0.05, 0.1) is 18.8 Å². The van der Waals surface area contributed by atoms with Crippen LogP contribution < -0.4 is 5.32 Å². The number of nitrogens with one attached hydrogen (secondary N) is 1. The minimum absolute atomic E-state index is 0.00465. The van der Waals surface area contributed by atoms with Crippen molar-refractivity contribution in [3.05, 3.63) is 34.1 Å². The van der Waals surface area contributed by atoms with Crippen LogP contribution in [0.3, 0.4) is 0 Å². The molecule has 2 fully saturated rings. The summed E-state index contributed by atoms with van der Waals surface area (Å²) in [6.45, 7) is 2.33. The highest BCUT2D eigenvalue weighted by molar-refractivity contribution is 9.10. The maximum atomic E-state index is 14.3. The number of morpholine rings is 1. The van der Waals surface area contributed by atoms with Crippen molar-refractivity contribution < 1.29 is 9.13 Å². The molecule has 1 aromatic rings. The third-order valence-electron chi connectivity index (χ3n) is 4.07. The molecule has 2 aliphatic rings. The molecular formula is C15H20BrFN2O. The van der Waals surface area contributed by atoms with Crippen LogP contribution in [0.4, 0.5) is 4.39 Å². The molecule has 1 aromatic carbocycles. The molecule has 3 rings (SSSR count). The normalized spacial score (nSPS) is 27.8. The Bertz CT molecular complexity index is 481. The van der Waals surface area contributed by atoms with E-state index in [1.165, 1.54) is 18.9 Å². The Kier molecular flexibility index (Phi) is 4.40. The zero-order chi connectivity index (χ0) is 14.1. The molecule has 0 bridgehead atoms. The SMILES string of the molecule is CN1CCOC(CNC2CC2)C1c1ccc(Br)cc1F. The van der Waals surface area contributed by atoms with Gasteiger partial charge in [-0.3, -0.25) is 4.90 Å². The zero-order valence-electron chi connectivity index (χ0n) is 11.6. The molecule has 0 aromatic heterocycles. The van der Waals surface area contributed by atoms with Crippen molar-refractivity contribution in [3.8, 4) is 0 Å². The van der Waals surface area contributed by atoms with Gasteiger partial charge in [-0.1, -0.05) is 22.0 Å². The first-order valence-electron chi connectivity index (χ1n) is 7.15. The summed E-state index contributed by atoms with van der Waals surface area (Å²) in [4.78, 5) is 2.19. The molecule has 5 heteroatoms. The van der Waals surface area contributed by atoms with E-state index in [9.17, 15) is 4.39 Å². The minimum Gasteiger partial charge on any atom is -0.374 e. The Morgan fingerprint density at radius 1 is 1.45 bits per heavy atom. The quantitative estimate of drug-likeness (QED) is 0.910. The van der Waals surface area contributed by atoms with Gasteiger partial charge in [0, 0.05) is 29.2 Å². The Morgan fingerprint density at radius 3 is 2.95 bits per heavy atom. The van der Waals surface area contributed by atoms with E-state index in [2.05, 4.69) is 26.1 Å². The first-order chi connectivity index (χ1) is 9.65. The summed E-state index contributed by atoms with van der Waals surface area (Å²) in [6.07, 6.45) is 2.50. The van der Waals surface area contributed by atoms with Crippen molar-refractivity contribution in [3.63, 3.8) is 0 Å². The third-order valence-corrected chi connectivity index (χ3v) is 4.56. The molecule has 1 heterocycles. The second kappa shape index (κ2) is 6.10. The number of benzene rings is 1. The van der Waals surface area contributed by atoms with E-state index in [-0.39, 0.29) is 18.0 Å². The molecule has 1 saturated carbocycles. The van der Waals surface area contributed by atoms with Gasteiger partial charge in [-0.2, -0.15) is 0 Å². The van der Waals surface area contributed by atoms with Crippen molar-refractivity contribution in [2.45, 2.75) is 31.0 Å². The summed E-state index contributed by atoms with van der Waals surface area (Å²) in [5.74, 6) is -0.168. The van der Waals surface area contributed by atoms with Crippen molar-refractivity contribution in [2.75, 3.05) is 26.7 Å². The Hall–Kier alpha value is -0.490. The summed E-state index contributed by atoms with van der Waals surface area (Å²) < 4.78 is 20.9. The Labute approximate surface area is 127 Å². The van der Waals surface area contributed by atoms with Crippen LogP contribution in [-0.2, 0) is 4.74 Å². The number of hydrogen-bond donors (Lipinski definition) is 1. The molecule has 20 heavy (non-hydrogen) atoms. The first kappa shape index (κ1) is 14.4. The number of likely N-dealkylation sites (N-methyl/N-ethyl adjacent to an activating group) is 1. The van der Waals surface area contributed by atoms with Gasteiger partial charge in [0.15, 0.2) is 0 Å². The molecule has 2 unspecified atom stereocenters. The van der Waals surface area contributed by atoms with E-state index in [1.54, 1.807) is 0 Å². The number of halogens is 2. The standard InChI is InChI=1S/C15H20BrFN2O/c1-19-6-7-20-14(9-18-11-3-4-11)15(19)12-5-2-10(16)8-13(12)17/h2,5,8,11,14-15,18H,3-4,6-7,9H2,1H3. The van der Waals surface area contributed by atoms with Crippen molar-refractivity contribution in [1.29, 1.82) is 0 Å². The van der Waals surface area contributed by atoms with Crippen molar-refractivity contribution in [2.24, 2.45) is 0 Å². The van der Waals surface area contributed by atoms with E-state index >= 15 is 0 Å². The van der Waals surface area contributed by atoms with Crippen LogP contribution in [0.15, 0.2) is 22.7 Å². The molecule has 1 N–H and O–H groups in total. The van der Waals surface area contributed by atoms with Gasteiger partial charge in [-0.25, -0.2) is 4.39 Å². The lowest BCUT2D eigenvalue weighted by molar-refractivity contribution is -0.0625. The molecule has 3 nitrogen and oxygen atoms in total. The second-order valence-corrected chi connectivity index (χ2v) is 6.60. The van der Waals surface area contributed by atoms with Crippen molar-refractivity contribution in [1.82, 2.24) is 10.2 Å². The van der Waals surface area contributed by atoms with E-state index in [4.69, 9.17) is 4.74 Å². The van der Waals surface area contributed by atoms with Crippen LogP contribution >= 0.6 is 15.9 Å². The second-order valence-electron chi connectivity index (χ2n) is 5.68. The van der Waals surface area contributed by atoms with Crippen LogP contribution in [0.2, 0.25) is 0 Å². The summed E-state index contributed by atoms with van der Waals surface area (Å²) in [5, 5.41) is 3.49. The summed E-state index contributed by atoms with van der Waals surface area (Å²) in [5.41, 5.74) is 0.720. The van der Waals surface area contributed by atoms with Gasteiger partial charge in [0.1, 0.15) is 5.82 Å². The topological polar surface area (TPSA) is 24.5 Å². The lowest BCUT2D eigenvalue weighted by Gasteiger charge is -2.39. The zero-order valence-corrected chi connectivity index (χ0v) is 13.2. The Balaban J connectivity index is 1.80. The average Bonchev–Trinajstić information content (AvgIpc) is 3.22.